The van der Waals surface area contributed by atoms with Crippen molar-refractivity contribution in [2.24, 2.45) is 0 Å². The van der Waals surface area contributed by atoms with E-state index in [2.05, 4.69) is 20.6 Å². The van der Waals surface area contributed by atoms with Crippen molar-refractivity contribution >= 4 is 20.0 Å². The van der Waals surface area contributed by atoms with E-state index < -0.39 is 20.0 Å². The maximum atomic E-state index is 13.0. The number of nitrogens with one attached hydrogen (secondary N) is 1. The van der Waals surface area contributed by atoms with Gasteiger partial charge in [0.2, 0.25) is 20.0 Å². The van der Waals surface area contributed by atoms with Gasteiger partial charge in [-0.15, -0.1) is 5.10 Å². The molecule has 1 saturated heterocycles. The first-order valence-electron chi connectivity index (χ1n) is 9.14. The number of nitrogens with zero attached hydrogens (tertiary/aromatic N) is 5. The highest BCUT2D eigenvalue weighted by atomic mass is 32.2. The van der Waals surface area contributed by atoms with Crippen molar-refractivity contribution in [2.45, 2.75) is 42.4 Å². The molecule has 3 rings (SSSR count). The molecule has 10 nitrogen and oxygen atoms in total. The molecule has 0 radical (unpaired) electrons. The summed E-state index contributed by atoms with van der Waals surface area (Å²) in [5.74, 6) is 0.474. The second-order valence-corrected chi connectivity index (χ2v) is 10.4. The summed E-state index contributed by atoms with van der Waals surface area (Å²) in [6.07, 6.45) is 1.49. The number of tetrazole rings is 1. The minimum atomic E-state index is -3.74. The monoisotopic (exact) mass is 428 g/mol. The lowest BCUT2D eigenvalue weighted by Gasteiger charge is -2.30. The topological polar surface area (TPSA) is 129 Å². The molecule has 1 aliphatic heterocycles. The highest BCUT2D eigenvalue weighted by molar-refractivity contribution is 7.89. The van der Waals surface area contributed by atoms with E-state index in [-0.39, 0.29) is 22.3 Å². The quantitative estimate of drug-likeness (QED) is 0.690. The molecular weight excluding hydrogens is 404 g/mol. The number of rotatable bonds is 7. The van der Waals surface area contributed by atoms with E-state index in [1.165, 1.54) is 32.9 Å². The molecule has 0 bridgehead atoms. The van der Waals surface area contributed by atoms with Crippen molar-refractivity contribution in [2.75, 3.05) is 26.2 Å². The molecule has 0 spiro atoms. The van der Waals surface area contributed by atoms with Crippen LogP contribution in [0.5, 0.6) is 0 Å². The molecule has 1 aromatic carbocycles. The largest absolute Gasteiger partial charge is 0.243 e. The summed E-state index contributed by atoms with van der Waals surface area (Å²) in [4.78, 5) is 0.154. The lowest BCUT2D eigenvalue weighted by molar-refractivity contribution is 0.309. The van der Waals surface area contributed by atoms with E-state index in [1.54, 1.807) is 13.8 Å². The lowest BCUT2D eigenvalue weighted by atomic mass is 9.99. The van der Waals surface area contributed by atoms with Gasteiger partial charge in [-0.2, -0.15) is 8.61 Å². The fourth-order valence-electron chi connectivity index (χ4n) is 3.37. The van der Waals surface area contributed by atoms with Crippen LogP contribution in [0.1, 0.15) is 38.4 Å². The normalized spacial score (nSPS) is 19.2. The van der Waals surface area contributed by atoms with Crippen LogP contribution in [0.15, 0.2) is 34.1 Å². The molecule has 2 aromatic rings. The van der Waals surface area contributed by atoms with Gasteiger partial charge in [0.1, 0.15) is 0 Å². The Morgan fingerprint density at radius 3 is 2.32 bits per heavy atom. The number of hydrogen-bond acceptors (Lipinski definition) is 7. The molecule has 154 valence electrons. The zero-order chi connectivity index (χ0) is 20.4. The Kier molecular flexibility index (Phi) is 6.12. The van der Waals surface area contributed by atoms with Crippen molar-refractivity contribution in [1.82, 2.24) is 29.2 Å². The summed E-state index contributed by atoms with van der Waals surface area (Å²) in [6, 6.07) is 5.40. The molecule has 1 aromatic heterocycles. The van der Waals surface area contributed by atoms with Crippen molar-refractivity contribution in [3.8, 4) is 0 Å². The lowest BCUT2D eigenvalue weighted by Crippen LogP contribution is -2.39. The molecule has 1 N–H and O–H groups in total. The second kappa shape index (κ2) is 8.23. The fraction of sp³-hybridized carbons (Fsp3) is 0.562. The Morgan fingerprint density at radius 2 is 1.75 bits per heavy atom. The van der Waals surface area contributed by atoms with Crippen LogP contribution in [-0.4, -0.2) is 72.2 Å². The number of aromatic nitrogens is 4. The average molecular weight is 429 g/mol. The van der Waals surface area contributed by atoms with E-state index in [0.29, 0.717) is 31.9 Å². The summed E-state index contributed by atoms with van der Waals surface area (Å²) in [5.41, 5.74) is 0. The molecule has 12 heteroatoms. The van der Waals surface area contributed by atoms with E-state index in [1.807, 2.05) is 0 Å². The highest BCUT2D eigenvalue weighted by Crippen LogP contribution is 2.28. The third-order valence-corrected chi connectivity index (χ3v) is 8.88. The Hall–Kier alpha value is -1.89. The minimum absolute atomic E-state index is 0.0716. The first-order chi connectivity index (χ1) is 13.3. The molecule has 0 amide bonds. The van der Waals surface area contributed by atoms with Gasteiger partial charge in [-0.05, 0) is 47.5 Å². The van der Waals surface area contributed by atoms with E-state index in [0.717, 1.165) is 6.42 Å². The number of piperidine rings is 1. The Morgan fingerprint density at radius 1 is 1.11 bits per heavy atom. The van der Waals surface area contributed by atoms with Crippen molar-refractivity contribution < 1.29 is 16.8 Å². The number of H-pyrrole nitrogens is 1. The van der Waals surface area contributed by atoms with Gasteiger partial charge < -0.3 is 0 Å². The van der Waals surface area contributed by atoms with Crippen molar-refractivity contribution in [3.63, 3.8) is 0 Å². The van der Waals surface area contributed by atoms with Crippen LogP contribution in [-0.2, 0) is 20.0 Å². The van der Waals surface area contributed by atoms with Crippen LogP contribution in [0.3, 0.4) is 0 Å². The molecule has 0 aliphatic carbocycles. The van der Waals surface area contributed by atoms with Gasteiger partial charge in [-0.25, -0.2) is 21.9 Å². The maximum Gasteiger partial charge on any atom is 0.243 e. The predicted octanol–water partition coefficient (Wildman–Crippen LogP) is 0.799. The zero-order valence-electron chi connectivity index (χ0n) is 15.8. The maximum absolute atomic E-state index is 13.0. The third kappa shape index (κ3) is 3.95. The van der Waals surface area contributed by atoms with Gasteiger partial charge in [0.15, 0.2) is 5.82 Å². The Bertz CT molecular complexity index is 986. The van der Waals surface area contributed by atoms with Crippen LogP contribution < -0.4 is 0 Å². The smallest absolute Gasteiger partial charge is 0.243 e. The fourth-order valence-corrected chi connectivity index (χ4v) is 6.35. The van der Waals surface area contributed by atoms with Crippen molar-refractivity contribution in [1.29, 1.82) is 0 Å². The number of hydrogen-bond donors (Lipinski definition) is 1. The molecule has 1 atom stereocenters. The highest BCUT2D eigenvalue weighted by Gasteiger charge is 2.32. The van der Waals surface area contributed by atoms with E-state index in [9.17, 15) is 16.8 Å². The Labute approximate surface area is 165 Å². The van der Waals surface area contributed by atoms with Crippen molar-refractivity contribution in [3.05, 3.63) is 30.1 Å². The number of sulfonamides is 2. The van der Waals surface area contributed by atoms with E-state index in [4.69, 9.17) is 0 Å². The summed E-state index contributed by atoms with van der Waals surface area (Å²) < 4.78 is 53.9. The minimum Gasteiger partial charge on any atom is -0.243 e. The first-order valence-corrected chi connectivity index (χ1v) is 12.0. The van der Waals surface area contributed by atoms with Gasteiger partial charge in [0.05, 0.1) is 9.79 Å². The summed E-state index contributed by atoms with van der Waals surface area (Å²) in [7, 11) is -7.37. The predicted molar refractivity (Wildman–Crippen MR) is 101 cm³/mol. The SMILES string of the molecule is CCN(CC)S(=O)(=O)c1ccc(S(=O)(=O)N2CCC[C@@H](c3nnn[nH]3)C2)cc1. The standard InChI is InChI=1S/C16H24N6O4S2/c1-3-21(4-2)27(23,24)14-7-9-15(10-8-14)28(25,26)22-11-5-6-13(12-22)16-17-19-20-18-16/h7-10,13H,3-6,11-12H2,1-2H3,(H,17,18,19,20)/t13-/m1/s1. The van der Waals surface area contributed by atoms with Gasteiger partial charge in [-0.3, -0.25) is 0 Å². The number of benzene rings is 1. The third-order valence-electron chi connectivity index (χ3n) is 4.94. The molecule has 2 heterocycles. The van der Waals surface area contributed by atoms with Gasteiger partial charge in [0.25, 0.3) is 0 Å². The van der Waals surface area contributed by atoms with Gasteiger partial charge >= 0.3 is 0 Å². The van der Waals surface area contributed by atoms with Crippen LogP contribution >= 0.6 is 0 Å². The van der Waals surface area contributed by atoms with E-state index >= 15 is 0 Å². The summed E-state index contributed by atoms with van der Waals surface area (Å²) in [6.45, 7) is 4.90. The summed E-state index contributed by atoms with van der Waals surface area (Å²) >= 11 is 0. The molecule has 1 aliphatic rings. The zero-order valence-corrected chi connectivity index (χ0v) is 17.4. The average Bonchev–Trinajstić information content (AvgIpc) is 3.24. The summed E-state index contributed by atoms with van der Waals surface area (Å²) in [5, 5.41) is 13.7. The van der Waals surface area contributed by atoms with Crippen LogP contribution in [0.2, 0.25) is 0 Å². The molecular formula is C16H24N6O4S2. The van der Waals surface area contributed by atoms with Crippen LogP contribution in [0.25, 0.3) is 0 Å². The number of aromatic amines is 1. The molecule has 28 heavy (non-hydrogen) atoms. The molecule has 0 saturated carbocycles. The van der Waals surface area contributed by atoms with Gasteiger partial charge in [-0.1, -0.05) is 13.8 Å². The van der Waals surface area contributed by atoms with Gasteiger partial charge in [0, 0.05) is 32.1 Å². The van der Waals surface area contributed by atoms with Crippen LogP contribution in [0.4, 0.5) is 0 Å². The molecule has 0 unspecified atom stereocenters. The van der Waals surface area contributed by atoms with Crippen LogP contribution in [0, 0.1) is 0 Å². The Balaban J connectivity index is 1.82. The second-order valence-electron chi connectivity index (χ2n) is 6.55. The first kappa shape index (κ1) is 20.8. The molecule has 1 fully saturated rings.